The highest BCUT2D eigenvalue weighted by Gasteiger charge is 2.19. The maximum absolute atomic E-state index is 9.99. The fourth-order valence-corrected chi connectivity index (χ4v) is 0.816. The summed E-state index contributed by atoms with van der Waals surface area (Å²) in [5, 5.41) is 8.24. The lowest BCUT2D eigenvalue weighted by atomic mass is 9.83. The van der Waals surface area contributed by atoms with E-state index in [9.17, 15) is 4.79 Å². The minimum Gasteiger partial charge on any atom is -0.481 e. The number of hydrogen-bond donors (Lipinski definition) is 1. The van der Waals surface area contributed by atoms with Gasteiger partial charge in [-0.15, -0.1) is 0 Å². The van der Waals surface area contributed by atoms with Crippen LogP contribution in [0.5, 0.6) is 0 Å². The maximum Gasteiger partial charge on any atom is 0.303 e. The van der Waals surface area contributed by atoms with Crippen molar-refractivity contribution >= 4 is 5.97 Å². The van der Waals surface area contributed by atoms with Gasteiger partial charge in [-0.05, 0) is 25.2 Å². The van der Waals surface area contributed by atoms with E-state index >= 15 is 0 Å². The standard InChI is InChI=1S/C6H9O2/c7-6(8)4-5-2-1-3-5/h1,5H,2-4H2,(H,7,8). The monoisotopic (exact) mass is 113 g/mol. The van der Waals surface area contributed by atoms with Crippen LogP contribution < -0.4 is 0 Å². The maximum atomic E-state index is 9.99. The largest absolute Gasteiger partial charge is 0.481 e. The van der Waals surface area contributed by atoms with Crippen molar-refractivity contribution in [2.24, 2.45) is 5.92 Å². The summed E-state index contributed by atoms with van der Waals surface area (Å²) in [6.07, 6.45) is 4.49. The summed E-state index contributed by atoms with van der Waals surface area (Å²) in [5.41, 5.74) is 0. The molecule has 0 heterocycles. The molecule has 0 amide bonds. The molecule has 0 aromatic heterocycles. The molecule has 1 radical (unpaired) electrons. The molecule has 0 saturated heterocycles. The first-order valence-electron chi connectivity index (χ1n) is 2.82. The molecule has 1 fully saturated rings. The molecule has 0 aliphatic heterocycles. The topological polar surface area (TPSA) is 37.3 Å². The number of carbonyl (C=O) groups is 1. The highest BCUT2D eigenvalue weighted by Crippen LogP contribution is 2.27. The van der Waals surface area contributed by atoms with Crippen LogP contribution in [0.25, 0.3) is 0 Å². The molecule has 1 aliphatic rings. The summed E-state index contributed by atoms with van der Waals surface area (Å²) in [6.45, 7) is 0. The van der Waals surface area contributed by atoms with E-state index in [2.05, 4.69) is 6.42 Å². The Labute approximate surface area is 48.5 Å². The molecule has 0 unspecified atom stereocenters. The predicted octanol–water partition coefficient (Wildman–Crippen LogP) is 1.08. The predicted molar refractivity (Wildman–Crippen MR) is 29.3 cm³/mol. The Morgan fingerprint density at radius 3 is 2.50 bits per heavy atom. The van der Waals surface area contributed by atoms with E-state index in [-0.39, 0.29) is 0 Å². The van der Waals surface area contributed by atoms with Crippen molar-refractivity contribution in [3.8, 4) is 0 Å². The molecular weight excluding hydrogens is 104 g/mol. The molecule has 0 aromatic rings. The Hall–Kier alpha value is -0.530. The van der Waals surface area contributed by atoms with Crippen LogP contribution in [0.15, 0.2) is 0 Å². The molecule has 1 aliphatic carbocycles. The van der Waals surface area contributed by atoms with Crippen molar-refractivity contribution in [2.75, 3.05) is 0 Å². The third-order valence-corrected chi connectivity index (χ3v) is 1.46. The molecule has 45 valence electrons. The highest BCUT2D eigenvalue weighted by atomic mass is 16.4. The van der Waals surface area contributed by atoms with Crippen LogP contribution in [0.3, 0.4) is 0 Å². The van der Waals surface area contributed by atoms with Gasteiger partial charge in [0, 0.05) is 6.42 Å². The van der Waals surface area contributed by atoms with Crippen LogP contribution in [-0.4, -0.2) is 11.1 Å². The van der Waals surface area contributed by atoms with Gasteiger partial charge >= 0.3 is 5.97 Å². The summed E-state index contributed by atoms with van der Waals surface area (Å²) in [4.78, 5) is 9.99. The van der Waals surface area contributed by atoms with Gasteiger partial charge in [-0.2, -0.15) is 0 Å². The Kier molecular flexibility index (Phi) is 1.51. The molecule has 1 rings (SSSR count). The van der Waals surface area contributed by atoms with Crippen LogP contribution in [0, 0.1) is 12.3 Å². The highest BCUT2D eigenvalue weighted by molar-refractivity contribution is 5.67. The first kappa shape index (κ1) is 5.60. The van der Waals surface area contributed by atoms with Gasteiger partial charge < -0.3 is 5.11 Å². The molecule has 0 bridgehead atoms. The van der Waals surface area contributed by atoms with Gasteiger partial charge in [0.2, 0.25) is 0 Å². The number of aliphatic carboxylic acids is 1. The second kappa shape index (κ2) is 2.16. The van der Waals surface area contributed by atoms with Gasteiger partial charge in [-0.25, -0.2) is 0 Å². The van der Waals surface area contributed by atoms with E-state index in [1.807, 2.05) is 0 Å². The van der Waals surface area contributed by atoms with Crippen LogP contribution in [0.2, 0.25) is 0 Å². The molecule has 2 nitrogen and oxygen atoms in total. The van der Waals surface area contributed by atoms with Crippen molar-refractivity contribution < 1.29 is 9.90 Å². The number of hydrogen-bond acceptors (Lipinski definition) is 1. The smallest absolute Gasteiger partial charge is 0.303 e. The third-order valence-electron chi connectivity index (χ3n) is 1.46. The first-order valence-corrected chi connectivity index (χ1v) is 2.82. The minimum atomic E-state index is -0.664. The first-order chi connectivity index (χ1) is 3.79. The van der Waals surface area contributed by atoms with Gasteiger partial charge in [0.1, 0.15) is 0 Å². The molecule has 0 atom stereocenters. The van der Waals surface area contributed by atoms with Crippen LogP contribution in [0.1, 0.15) is 19.3 Å². The van der Waals surface area contributed by atoms with Crippen LogP contribution in [0.4, 0.5) is 0 Å². The second-order valence-corrected chi connectivity index (χ2v) is 2.22. The SMILES string of the molecule is O=C(O)CC1C[CH]C1. The quantitative estimate of drug-likeness (QED) is 0.581. The fraction of sp³-hybridized carbons (Fsp3) is 0.667. The zero-order valence-electron chi connectivity index (χ0n) is 4.63. The van der Waals surface area contributed by atoms with Gasteiger partial charge in [-0.1, -0.05) is 0 Å². The molecule has 8 heavy (non-hydrogen) atoms. The normalized spacial score (nSPS) is 20.0. The average molecular weight is 113 g/mol. The Morgan fingerprint density at radius 2 is 2.38 bits per heavy atom. The fourth-order valence-electron chi connectivity index (χ4n) is 0.816. The van der Waals surface area contributed by atoms with Crippen LogP contribution in [-0.2, 0) is 4.79 Å². The molecule has 1 saturated carbocycles. The zero-order valence-corrected chi connectivity index (χ0v) is 4.63. The lowest BCUT2D eigenvalue weighted by molar-refractivity contribution is -0.138. The van der Waals surface area contributed by atoms with Gasteiger partial charge in [0.25, 0.3) is 0 Å². The van der Waals surface area contributed by atoms with E-state index < -0.39 is 5.97 Å². The van der Waals surface area contributed by atoms with Crippen LogP contribution >= 0.6 is 0 Å². The summed E-state index contributed by atoms with van der Waals surface area (Å²) in [6, 6.07) is 0. The molecule has 0 aromatic carbocycles. The van der Waals surface area contributed by atoms with Gasteiger partial charge in [0.15, 0.2) is 0 Å². The number of carboxylic acids is 1. The summed E-state index contributed by atoms with van der Waals surface area (Å²) < 4.78 is 0. The Morgan fingerprint density at radius 1 is 1.75 bits per heavy atom. The second-order valence-electron chi connectivity index (χ2n) is 2.22. The van der Waals surface area contributed by atoms with E-state index in [1.54, 1.807) is 0 Å². The minimum absolute atomic E-state index is 0.358. The van der Waals surface area contributed by atoms with Crippen molar-refractivity contribution in [1.82, 2.24) is 0 Å². The molecule has 2 heteroatoms. The van der Waals surface area contributed by atoms with Crippen molar-refractivity contribution in [3.05, 3.63) is 6.42 Å². The van der Waals surface area contributed by atoms with Gasteiger partial charge in [0.05, 0.1) is 0 Å². The van der Waals surface area contributed by atoms with E-state index in [4.69, 9.17) is 5.11 Å². The van der Waals surface area contributed by atoms with Crippen molar-refractivity contribution in [2.45, 2.75) is 19.3 Å². The summed E-state index contributed by atoms with van der Waals surface area (Å²) >= 11 is 0. The van der Waals surface area contributed by atoms with E-state index in [0.29, 0.717) is 12.3 Å². The summed E-state index contributed by atoms with van der Waals surface area (Å²) in [5.74, 6) is -0.212. The third kappa shape index (κ3) is 1.22. The Balaban J connectivity index is 2.09. The lowest BCUT2D eigenvalue weighted by Crippen LogP contribution is -2.15. The van der Waals surface area contributed by atoms with Crippen molar-refractivity contribution in [1.29, 1.82) is 0 Å². The Bertz CT molecular complexity index is 94.7. The van der Waals surface area contributed by atoms with Gasteiger partial charge in [-0.3, -0.25) is 4.79 Å². The van der Waals surface area contributed by atoms with E-state index in [0.717, 1.165) is 12.8 Å². The molecule has 1 N–H and O–H groups in total. The number of carboxylic acid groups (broad SMARTS) is 1. The lowest BCUT2D eigenvalue weighted by Gasteiger charge is -2.22. The zero-order chi connectivity index (χ0) is 5.98. The molecular formula is C6H9O2. The summed E-state index contributed by atoms with van der Waals surface area (Å²) in [7, 11) is 0. The molecule has 0 spiro atoms. The average Bonchev–Trinajstić information content (AvgIpc) is 1.55. The van der Waals surface area contributed by atoms with Crippen molar-refractivity contribution in [3.63, 3.8) is 0 Å². The van der Waals surface area contributed by atoms with E-state index in [1.165, 1.54) is 0 Å². The number of rotatable bonds is 2.